The summed E-state index contributed by atoms with van der Waals surface area (Å²) in [6.45, 7) is 6.87. The highest BCUT2D eigenvalue weighted by Crippen LogP contribution is 2.36. The van der Waals surface area contributed by atoms with Gasteiger partial charge < -0.3 is 14.7 Å². The van der Waals surface area contributed by atoms with Crippen LogP contribution in [0.2, 0.25) is 0 Å². The second-order valence-corrected chi connectivity index (χ2v) is 12.8. The molecule has 4 rings (SSSR count). The minimum atomic E-state index is -4.78. The van der Waals surface area contributed by atoms with E-state index in [1.165, 1.54) is 28.6 Å². The minimum absolute atomic E-state index is 0.175. The van der Waals surface area contributed by atoms with Crippen LogP contribution in [0.15, 0.2) is 45.1 Å². The minimum Gasteiger partial charge on any atom is -0.377 e. The molecule has 1 aromatic heterocycles. The summed E-state index contributed by atoms with van der Waals surface area (Å²) < 4.78 is 73.5. The number of likely N-dealkylation sites (tertiary alicyclic amines) is 1. The molecular weight excluding hydrogens is 503 g/mol. The fourth-order valence-electron chi connectivity index (χ4n) is 4.90. The number of hydrogen-bond donors (Lipinski definition) is 1. The summed E-state index contributed by atoms with van der Waals surface area (Å²) in [6, 6.07) is 3.44. The number of rotatable bonds is 7. The number of nitrogens with zero attached hydrogens (tertiary/aromatic N) is 3. The highest BCUT2D eigenvalue weighted by molar-refractivity contribution is 7.91. The summed E-state index contributed by atoms with van der Waals surface area (Å²) in [6.07, 6.45) is -0.745. The Kier molecular flexibility index (Phi) is 7.44. The Bertz CT molecular complexity index is 1070. The fraction of sp³-hybridized carbons (Fsp3) is 0.652. The number of piperazine rings is 1. The van der Waals surface area contributed by atoms with Crippen LogP contribution in [-0.4, -0.2) is 96.9 Å². The number of halogens is 3. The third-order valence-electron chi connectivity index (χ3n) is 7.34. The van der Waals surface area contributed by atoms with Crippen molar-refractivity contribution in [3.8, 4) is 0 Å². The van der Waals surface area contributed by atoms with Gasteiger partial charge in [-0.1, -0.05) is 12.1 Å². The Hall–Kier alpha value is -1.44. The van der Waals surface area contributed by atoms with E-state index < -0.39 is 21.8 Å². The Labute approximate surface area is 208 Å². The van der Waals surface area contributed by atoms with Gasteiger partial charge in [-0.25, -0.2) is 8.42 Å². The van der Waals surface area contributed by atoms with E-state index in [4.69, 9.17) is 4.74 Å². The molecule has 4 heterocycles. The number of morpholine rings is 1. The molecule has 0 spiro atoms. The van der Waals surface area contributed by atoms with Crippen molar-refractivity contribution in [2.75, 3.05) is 39.3 Å². The topological polar surface area (TPSA) is 73.3 Å². The lowest BCUT2D eigenvalue weighted by Crippen LogP contribution is -2.58. The molecule has 1 N–H and O–H groups in total. The summed E-state index contributed by atoms with van der Waals surface area (Å²) in [4.78, 5) is 4.40. The van der Waals surface area contributed by atoms with Crippen LogP contribution in [0.5, 0.6) is 0 Å². The van der Waals surface area contributed by atoms with E-state index in [-0.39, 0.29) is 30.8 Å². The molecule has 0 radical (unpaired) electrons. The van der Waals surface area contributed by atoms with Crippen LogP contribution >= 0.6 is 11.3 Å². The normalized spacial score (nSPS) is 29.1. The van der Waals surface area contributed by atoms with Gasteiger partial charge in [0.2, 0.25) is 0 Å². The van der Waals surface area contributed by atoms with Crippen LogP contribution in [0.1, 0.15) is 27.2 Å². The first-order valence-corrected chi connectivity index (χ1v) is 13.9. The van der Waals surface area contributed by atoms with Gasteiger partial charge in [-0.3, -0.25) is 4.90 Å². The number of alkyl halides is 3. The van der Waals surface area contributed by atoms with Gasteiger partial charge >= 0.3 is 6.18 Å². The molecule has 35 heavy (non-hydrogen) atoms. The molecule has 3 fully saturated rings. The van der Waals surface area contributed by atoms with Gasteiger partial charge in [-0.05, 0) is 50.3 Å². The maximum atomic E-state index is 13.2. The predicted octanol–water partition coefficient (Wildman–Crippen LogP) is 3.06. The SMILES string of the molecule is CC(=CC=C(C)C(C)(O)C(F)(F)F)N1CCN(S(=O)(=O)c2cccs2)CC1CN1CC2CC1CO2. The number of aliphatic hydroxyl groups is 1. The number of hydrogen-bond acceptors (Lipinski definition) is 7. The van der Waals surface area contributed by atoms with Crippen molar-refractivity contribution in [1.29, 1.82) is 0 Å². The second-order valence-electron chi connectivity index (χ2n) is 9.67. The van der Waals surface area contributed by atoms with Crippen LogP contribution in [0, 0.1) is 0 Å². The van der Waals surface area contributed by atoms with Gasteiger partial charge in [-0.2, -0.15) is 17.5 Å². The van der Waals surface area contributed by atoms with E-state index in [9.17, 15) is 26.7 Å². The third-order valence-corrected chi connectivity index (χ3v) is 10.6. The molecule has 0 amide bonds. The van der Waals surface area contributed by atoms with Gasteiger partial charge in [0.05, 0.1) is 18.8 Å². The van der Waals surface area contributed by atoms with Gasteiger partial charge in [-0.15, -0.1) is 11.3 Å². The van der Waals surface area contributed by atoms with E-state index in [1.807, 2.05) is 6.92 Å². The summed E-state index contributed by atoms with van der Waals surface area (Å²) >= 11 is 1.19. The highest BCUT2D eigenvalue weighted by atomic mass is 32.2. The third kappa shape index (κ3) is 5.33. The van der Waals surface area contributed by atoms with Gasteiger partial charge in [0.15, 0.2) is 5.60 Å². The summed E-state index contributed by atoms with van der Waals surface area (Å²) in [5.41, 5.74) is -2.42. The number of allylic oxidation sites excluding steroid dienone is 3. The standard InChI is InChI=1S/C23H32F3N3O4S2/c1-16(22(3,30)23(24,25)26)6-7-17(2)29-9-8-28(35(31,32)21-5-4-10-34-21)13-19(29)12-27-14-20-11-18(27)15-33-20/h4-7,10,18-20,30H,8-9,11-15H2,1-3H3. The van der Waals surface area contributed by atoms with Crippen molar-refractivity contribution in [2.45, 2.75) is 61.4 Å². The lowest BCUT2D eigenvalue weighted by molar-refractivity contribution is -0.236. The fourth-order valence-corrected chi connectivity index (χ4v) is 7.52. The zero-order chi connectivity index (χ0) is 25.6. The Morgan fingerprint density at radius 2 is 2.00 bits per heavy atom. The van der Waals surface area contributed by atoms with Crippen LogP contribution in [0.3, 0.4) is 0 Å². The molecule has 196 valence electrons. The number of thiophene rings is 1. The maximum absolute atomic E-state index is 13.2. The molecule has 2 bridgehead atoms. The monoisotopic (exact) mass is 535 g/mol. The van der Waals surface area contributed by atoms with Crippen molar-refractivity contribution < 1.29 is 31.4 Å². The van der Waals surface area contributed by atoms with Crippen molar-refractivity contribution in [1.82, 2.24) is 14.1 Å². The molecule has 0 aliphatic carbocycles. The van der Waals surface area contributed by atoms with E-state index in [2.05, 4.69) is 9.80 Å². The smallest absolute Gasteiger partial charge is 0.377 e. The Balaban J connectivity index is 1.56. The van der Waals surface area contributed by atoms with Gasteiger partial charge in [0, 0.05) is 44.5 Å². The van der Waals surface area contributed by atoms with Crippen LogP contribution in [0.25, 0.3) is 0 Å². The number of ether oxygens (including phenoxy) is 1. The molecule has 0 saturated carbocycles. The second kappa shape index (κ2) is 9.79. The molecule has 0 aromatic carbocycles. The zero-order valence-electron chi connectivity index (χ0n) is 20.0. The van der Waals surface area contributed by atoms with E-state index in [0.717, 1.165) is 25.6 Å². The number of sulfonamides is 1. The molecule has 1 aromatic rings. The molecule has 4 atom stereocenters. The van der Waals surface area contributed by atoms with Crippen LogP contribution in [-0.2, 0) is 14.8 Å². The Morgan fingerprint density at radius 3 is 2.57 bits per heavy atom. The predicted molar refractivity (Wildman–Crippen MR) is 127 cm³/mol. The molecular formula is C23H32F3N3O4S2. The molecule has 3 aliphatic heterocycles. The lowest BCUT2D eigenvalue weighted by atomic mass is 9.96. The number of fused-ring (bicyclic) bond motifs is 2. The highest BCUT2D eigenvalue weighted by Gasteiger charge is 2.51. The Morgan fingerprint density at radius 1 is 1.26 bits per heavy atom. The largest absolute Gasteiger partial charge is 0.420 e. The zero-order valence-corrected chi connectivity index (χ0v) is 21.7. The first kappa shape index (κ1) is 26.6. The average molecular weight is 536 g/mol. The van der Waals surface area contributed by atoms with Crippen molar-refractivity contribution in [2.24, 2.45) is 0 Å². The molecule has 4 unspecified atom stereocenters. The summed E-state index contributed by atoms with van der Waals surface area (Å²) in [5.74, 6) is 0. The summed E-state index contributed by atoms with van der Waals surface area (Å²) in [5, 5.41) is 11.7. The molecule has 3 aliphatic rings. The van der Waals surface area contributed by atoms with Crippen molar-refractivity contribution >= 4 is 21.4 Å². The van der Waals surface area contributed by atoms with E-state index >= 15 is 0 Å². The van der Waals surface area contributed by atoms with Crippen molar-refractivity contribution in [3.05, 3.63) is 40.9 Å². The van der Waals surface area contributed by atoms with Crippen LogP contribution in [0.4, 0.5) is 13.2 Å². The average Bonchev–Trinajstić information content (AvgIpc) is 3.55. The lowest BCUT2D eigenvalue weighted by Gasteiger charge is -2.44. The first-order valence-electron chi connectivity index (χ1n) is 11.6. The van der Waals surface area contributed by atoms with E-state index in [0.29, 0.717) is 29.9 Å². The van der Waals surface area contributed by atoms with Gasteiger partial charge in [0.25, 0.3) is 10.0 Å². The quantitative estimate of drug-likeness (QED) is 0.542. The van der Waals surface area contributed by atoms with Crippen molar-refractivity contribution in [3.63, 3.8) is 0 Å². The van der Waals surface area contributed by atoms with E-state index in [1.54, 1.807) is 23.6 Å². The maximum Gasteiger partial charge on any atom is 0.420 e. The molecule has 3 saturated heterocycles. The summed E-state index contributed by atoms with van der Waals surface area (Å²) in [7, 11) is -3.61. The molecule has 7 nitrogen and oxygen atoms in total. The first-order chi connectivity index (χ1) is 16.3. The molecule has 12 heteroatoms. The van der Waals surface area contributed by atoms with Gasteiger partial charge in [0.1, 0.15) is 4.21 Å². The van der Waals surface area contributed by atoms with Crippen LogP contribution < -0.4 is 0 Å².